The Morgan fingerprint density at radius 1 is 1.40 bits per heavy atom. The lowest BCUT2D eigenvalue weighted by molar-refractivity contribution is 0.0731. The lowest BCUT2D eigenvalue weighted by Crippen LogP contribution is -2.42. The Morgan fingerprint density at radius 2 is 2.10 bits per heavy atom. The lowest BCUT2D eigenvalue weighted by atomic mass is 10.5. The van der Waals surface area contributed by atoms with Crippen LogP contribution in [0.5, 0.6) is 0 Å². The Kier molecular flexibility index (Phi) is 7.36. The summed E-state index contributed by atoms with van der Waals surface area (Å²) in [5, 5.41) is 5.91. The molecule has 2 N–H and O–H groups in total. The van der Waals surface area contributed by atoms with Gasteiger partial charge in [-0.25, -0.2) is 8.42 Å². The second-order valence-corrected chi connectivity index (χ2v) is 6.23. The Morgan fingerprint density at radius 3 is 2.70 bits per heavy atom. The SMILES string of the molecule is C#CCNC(=NCCS(=O)(=O)N1CCOCC1)NCC. The normalized spacial score (nSPS) is 17.5. The summed E-state index contributed by atoms with van der Waals surface area (Å²) in [6.45, 7) is 4.90. The minimum atomic E-state index is -3.26. The van der Waals surface area contributed by atoms with Gasteiger partial charge in [-0.15, -0.1) is 6.42 Å². The van der Waals surface area contributed by atoms with Crippen molar-refractivity contribution in [1.29, 1.82) is 0 Å². The highest BCUT2D eigenvalue weighted by Crippen LogP contribution is 2.05. The van der Waals surface area contributed by atoms with E-state index in [9.17, 15) is 8.42 Å². The number of nitrogens with one attached hydrogen (secondary N) is 2. The molecule has 0 unspecified atom stereocenters. The summed E-state index contributed by atoms with van der Waals surface area (Å²) in [7, 11) is -3.26. The van der Waals surface area contributed by atoms with Crippen molar-refractivity contribution < 1.29 is 13.2 Å². The quantitative estimate of drug-likeness (QED) is 0.367. The van der Waals surface area contributed by atoms with E-state index in [0.717, 1.165) is 0 Å². The molecular formula is C12H22N4O3S. The molecule has 1 aliphatic rings. The highest BCUT2D eigenvalue weighted by molar-refractivity contribution is 7.89. The fourth-order valence-corrected chi connectivity index (χ4v) is 2.99. The molecule has 1 fully saturated rings. The molecule has 0 bridgehead atoms. The van der Waals surface area contributed by atoms with Crippen LogP contribution < -0.4 is 10.6 Å². The third-order valence-electron chi connectivity index (χ3n) is 2.68. The first kappa shape index (κ1) is 16.8. The van der Waals surface area contributed by atoms with Crippen molar-refractivity contribution in [1.82, 2.24) is 14.9 Å². The van der Waals surface area contributed by atoms with Crippen LogP contribution in [0.25, 0.3) is 0 Å². The van der Waals surface area contributed by atoms with Crippen LogP contribution in [0, 0.1) is 12.3 Å². The number of guanidine groups is 1. The van der Waals surface area contributed by atoms with Gasteiger partial charge in [0.1, 0.15) is 0 Å². The molecule has 114 valence electrons. The first-order valence-corrected chi connectivity index (χ1v) is 8.22. The second kappa shape index (κ2) is 8.79. The molecule has 1 saturated heterocycles. The van der Waals surface area contributed by atoms with Crippen molar-refractivity contribution in [3.05, 3.63) is 0 Å². The van der Waals surface area contributed by atoms with Gasteiger partial charge in [0.15, 0.2) is 5.96 Å². The van der Waals surface area contributed by atoms with Crippen LogP contribution in [-0.2, 0) is 14.8 Å². The van der Waals surface area contributed by atoms with Crippen LogP contribution in [0.15, 0.2) is 4.99 Å². The predicted molar refractivity (Wildman–Crippen MR) is 79.0 cm³/mol. The predicted octanol–water partition coefficient (Wildman–Crippen LogP) is -1.16. The zero-order chi connectivity index (χ0) is 14.8. The van der Waals surface area contributed by atoms with Crippen LogP contribution >= 0.6 is 0 Å². The fraction of sp³-hybridized carbons (Fsp3) is 0.750. The molecule has 0 aromatic heterocycles. The molecule has 0 saturated carbocycles. The maximum atomic E-state index is 12.1. The second-order valence-electron chi connectivity index (χ2n) is 4.15. The largest absolute Gasteiger partial charge is 0.379 e. The highest BCUT2D eigenvalue weighted by atomic mass is 32.2. The van der Waals surface area contributed by atoms with Crippen molar-refractivity contribution in [2.24, 2.45) is 4.99 Å². The Labute approximate surface area is 120 Å². The maximum Gasteiger partial charge on any atom is 0.216 e. The summed E-state index contributed by atoms with van der Waals surface area (Å²) < 4.78 is 30.7. The first-order valence-electron chi connectivity index (χ1n) is 6.61. The molecule has 0 spiro atoms. The van der Waals surface area contributed by atoms with E-state index in [2.05, 4.69) is 21.5 Å². The number of rotatable bonds is 6. The molecular weight excluding hydrogens is 280 g/mol. The van der Waals surface area contributed by atoms with Crippen molar-refractivity contribution >= 4 is 16.0 Å². The smallest absolute Gasteiger partial charge is 0.216 e. The molecule has 7 nitrogen and oxygen atoms in total. The molecule has 0 aliphatic carbocycles. The van der Waals surface area contributed by atoms with E-state index in [1.54, 1.807) is 0 Å². The number of hydrogen-bond donors (Lipinski definition) is 2. The summed E-state index contributed by atoms with van der Waals surface area (Å²) in [5.41, 5.74) is 0. The van der Waals surface area contributed by atoms with Crippen LogP contribution in [0.1, 0.15) is 6.92 Å². The monoisotopic (exact) mass is 302 g/mol. The van der Waals surface area contributed by atoms with E-state index in [0.29, 0.717) is 45.4 Å². The van der Waals surface area contributed by atoms with E-state index in [4.69, 9.17) is 11.2 Å². The molecule has 1 rings (SSSR count). The zero-order valence-corrected chi connectivity index (χ0v) is 12.6. The van der Waals surface area contributed by atoms with E-state index in [1.807, 2.05) is 6.92 Å². The van der Waals surface area contributed by atoms with Crippen LogP contribution in [0.4, 0.5) is 0 Å². The standard InChI is InChI=1S/C12H22N4O3S/c1-3-5-14-12(13-4-2)15-6-11-20(17,18)16-7-9-19-10-8-16/h1H,4-11H2,2H3,(H2,13,14,15). The Hall–Kier alpha value is -1.30. The van der Waals surface area contributed by atoms with Gasteiger partial charge in [0.05, 0.1) is 32.1 Å². The molecule has 0 aromatic carbocycles. The summed E-state index contributed by atoms with van der Waals surface area (Å²) in [4.78, 5) is 4.19. The van der Waals surface area contributed by atoms with Gasteiger partial charge in [0.25, 0.3) is 0 Å². The van der Waals surface area contributed by atoms with Gasteiger partial charge in [0.2, 0.25) is 10.0 Å². The number of nitrogens with zero attached hydrogens (tertiary/aromatic N) is 2. The van der Waals surface area contributed by atoms with Crippen molar-refractivity contribution in [2.75, 3.05) is 51.7 Å². The van der Waals surface area contributed by atoms with Crippen LogP contribution in [0.2, 0.25) is 0 Å². The lowest BCUT2D eigenvalue weighted by Gasteiger charge is -2.25. The molecule has 0 radical (unpaired) electrons. The molecule has 8 heteroatoms. The topological polar surface area (TPSA) is 83.0 Å². The van der Waals surface area contributed by atoms with Gasteiger partial charge in [-0.2, -0.15) is 4.31 Å². The average molecular weight is 302 g/mol. The zero-order valence-electron chi connectivity index (χ0n) is 11.8. The minimum absolute atomic E-state index is 0.0143. The Balaban J connectivity index is 2.48. The van der Waals surface area contributed by atoms with Crippen molar-refractivity contribution in [3.63, 3.8) is 0 Å². The summed E-state index contributed by atoms with van der Waals surface area (Å²) in [6, 6.07) is 0. The number of terminal acetylenes is 1. The summed E-state index contributed by atoms with van der Waals surface area (Å²) in [6.07, 6.45) is 5.16. The molecule has 0 aromatic rings. The summed E-state index contributed by atoms with van der Waals surface area (Å²) in [5.74, 6) is 2.96. The van der Waals surface area contributed by atoms with Gasteiger partial charge in [-0.1, -0.05) is 5.92 Å². The average Bonchev–Trinajstić information content (AvgIpc) is 2.45. The van der Waals surface area contributed by atoms with Crippen LogP contribution in [0.3, 0.4) is 0 Å². The number of hydrogen-bond acceptors (Lipinski definition) is 4. The molecule has 20 heavy (non-hydrogen) atoms. The third kappa shape index (κ3) is 5.77. The minimum Gasteiger partial charge on any atom is -0.379 e. The molecule has 0 amide bonds. The number of aliphatic imine (C=N–C) groups is 1. The van der Waals surface area contributed by atoms with Gasteiger partial charge < -0.3 is 15.4 Å². The van der Waals surface area contributed by atoms with Gasteiger partial charge >= 0.3 is 0 Å². The van der Waals surface area contributed by atoms with Gasteiger partial charge in [-0.05, 0) is 6.92 Å². The molecule has 1 aliphatic heterocycles. The number of ether oxygens (including phenoxy) is 1. The first-order chi connectivity index (χ1) is 9.60. The molecule has 0 atom stereocenters. The number of morpholine rings is 1. The fourth-order valence-electron chi connectivity index (χ4n) is 1.70. The van der Waals surface area contributed by atoms with Gasteiger partial charge in [0, 0.05) is 19.6 Å². The highest BCUT2D eigenvalue weighted by Gasteiger charge is 2.23. The van der Waals surface area contributed by atoms with Crippen molar-refractivity contribution in [2.45, 2.75) is 6.92 Å². The summed E-state index contributed by atoms with van der Waals surface area (Å²) >= 11 is 0. The van der Waals surface area contributed by atoms with E-state index < -0.39 is 10.0 Å². The molecule has 1 heterocycles. The van der Waals surface area contributed by atoms with Crippen LogP contribution in [-0.4, -0.2) is 70.4 Å². The van der Waals surface area contributed by atoms with E-state index >= 15 is 0 Å². The van der Waals surface area contributed by atoms with Gasteiger partial charge in [-0.3, -0.25) is 4.99 Å². The number of sulfonamides is 1. The van der Waals surface area contributed by atoms with E-state index in [-0.39, 0.29) is 12.3 Å². The van der Waals surface area contributed by atoms with Crippen molar-refractivity contribution in [3.8, 4) is 12.3 Å². The third-order valence-corrected chi connectivity index (χ3v) is 4.54. The maximum absolute atomic E-state index is 12.1. The Bertz CT molecular complexity index is 450. The van der Waals surface area contributed by atoms with E-state index in [1.165, 1.54) is 4.31 Å².